The summed E-state index contributed by atoms with van der Waals surface area (Å²) in [6, 6.07) is 7.56. The largest absolute Gasteiger partial charge is 0.315 e. The van der Waals surface area contributed by atoms with Crippen molar-refractivity contribution >= 4 is 45.6 Å². The van der Waals surface area contributed by atoms with Crippen molar-refractivity contribution in [2.24, 2.45) is 0 Å². The van der Waals surface area contributed by atoms with Crippen molar-refractivity contribution in [2.45, 2.75) is 30.3 Å². The molecule has 3 aromatic rings. The van der Waals surface area contributed by atoms with Crippen molar-refractivity contribution in [1.29, 1.82) is 0 Å². The normalized spacial score (nSPS) is 10.7. The molecule has 0 aliphatic heterocycles. The summed E-state index contributed by atoms with van der Waals surface area (Å²) >= 11 is 9.03. The monoisotopic (exact) mass is 363 g/mol. The first-order valence-electron chi connectivity index (χ1n) is 7.00. The zero-order valence-corrected chi connectivity index (χ0v) is 15.0. The van der Waals surface area contributed by atoms with Gasteiger partial charge in [-0.1, -0.05) is 24.6 Å². The zero-order chi connectivity index (χ0) is 16.2. The molecule has 118 valence electrons. The molecule has 1 aromatic carbocycles. The Bertz CT molecular complexity index is 821. The van der Waals surface area contributed by atoms with Crippen LogP contribution in [0, 0.1) is 6.92 Å². The van der Waals surface area contributed by atoms with Crippen LogP contribution < -0.4 is 5.32 Å². The van der Waals surface area contributed by atoms with Gasteiger partial charge in [0.1, 0.15) is 5.69 Å². The van der Waals surface area contributed by atoms with Gasteiger partial charge >= 0.3 is 0 Å². The third-order valence-corrected chi connectivity index (χ3v) is 5.11. The van der Waals surface area contributed by atoms with Crippen molar-refractivity contribution in [2.75, 3.05) is 5.32 Å². The highest BCUT2D eigenvalue weighted by atomic mass is 35.5. The van der Waals surface area contributed by atoms with Gasteiger partial charge in [-0.3, -0.25) is 0 Å². The highest BCUT2D eigenvalue weighted by Crippen LogP contribution is 2.28. The number of nitrogens with one attached hydrogen (secondary N) is 1. The van der Waals surface area contributed by atoms with Gasteiger partial charge in [0.25, 0.3) is 0 Å². The van der Waals surface area contributed by atoms with E-state index in [1.165, 1.54) is 16.6 Å². The maximum atomic E-state index is 6.00. The van der Waals surface area contributed by atoms with Gasteiger partial charge in [-0.25, -0.2) is 9.97 Å². The van der Waals surface area contributed by atoms with Crippen LogP contribution >= 0.6 is 34.7 Å². The second-order valence-corrected chi connectivity index (χ2v) is 7.29. The molecule has 0 amide bonds. The summed E-state index contributed by atoms with van der Waals surface area (Å²) < 4.78 is 0. The number of benzene rings is 1. The van der Waals surface area contributed by atoms with E-state index in [1.54, 1.807) is 11.3 Å². The van der Waals surface area contributed by atoms with E-state index >= 15 is 0 Å². The summed E-state index contributed by atoms with van der Waals surface area (Å²) in [6.07, 6.45) is 2.84. The molecule has 0 radical (unpaired) electrons. The summed E-state index contributed by atoms with van der Waals surface area (Å²) in [5.41, 5.74) is 0.730. The third kappa shape index (κ3) is 4.19. The SMILES string of the molecule is CCc1cnc(Nc2nc(Sc3cccc(Cl)c3)nnc2C)s1. The number of anilines is 2. The van der Waals surface area contributed by atoms with Gasteiger partial charge in [-0.05, 0) is 43.3 Å². The summed E-state index contributed by atoms with van der Waals surface area (Å²) in [5.74, 6) is 0.668. The molecule has 1 N–H and O–H groups in total. The maximum Gasteiger partial charge on any atom is 0.215 e. The Morgan fingerprint density at radius 1 is 1.30 bits per heavy atom. The number of rotatable bonds is 5. The summed E-state index contributed by atoms with van der Waals surface area (Å²) in [6.45, 7) is 3.97. The molecule has 0 aliphatic carbocycles. The van der Waals surface area contributed by atoms with E-state index in [1.807, 2.05) is 37.4 Å². The molecule has 0 spiro atoms. The molecule has 0 saturated heterocycles. The Morgan fingerprint density at radius 2 is 2.17 bits per heavy atom. The topological polar surface area (TPSA) is 63.6 Å². The third-order valence-electron chi connectivity index (χ3n) is 2.97. The first kappa shape index (κ1) is 16.2. The lowest BCUT2D eigenvalue weighted by atomic mass is 10.4. The van der Waals surface area contributed by atoms with Crippen molar-refractivity contribution < 1.29 is 0 Å². The fourth-order valence-electron chi connectivity index (χ4n) is 1.79. The van der Waals surface area contributed by atoms with Crippen molar-refractivity contribution in [3.63, 3.8) is 0 Å². The minimum absolute atomic E-state index is 0.563. The fourth-order valence-corrected chi connectivity index (χ4v) is 3.56. The number of hydrogen-bond acceptors (Lipinski definition) is 7. The average molecular weight is 364 g/mol. The van der Waals surface area contributed by atoms with Crippen LogP contribution in [-0.2, 0) is 6.42 Å². The Hall–Kier alpha value is -1.70. The molecule has 3 rings (SSSR count). The second-order valence-electron chi connectivity index (χ2n) is 4.70. The average Bonchev–Trinajstić information content (AvgIpc) is 2.98. The van der Waals surface area contributed by atoms with E-state index in [-0.39, 0.29) is 0 Å². The van der Waals surface area contributed by atoms with Crippen molar-refractivity contribution in [1.82, 2.24) is 20.2 Å². The van der Waals surface area contributed by atoms with E-state index in [0.717, 1.165) is 22.1 Å². The lowest BCUT2D eigenvalue weighted by Crippen LogP contribution is -2.02. The van der Waals surface area contributed by atoms with Gasteiger partial charge in [0.05, 0.1) is 0 Å². The van der Waals surface area contributed by atoms with Gasteiger partial charge in [0.2, 0.25) is 5.16 Å². The smallest absolute Gasteiger partial charge is 0.215 e. The molecule has 5 nitrogen and oxygen atoms in total. The quantitative estimate of drug-likeness (QED) is 0.705. The van der Waals surface area contributed by atoms with Gasteiger partial charge in [-0.2, -0.15) is 0 Å². The summed E-state index contributed by atoms with van der Waals surface area (Å²) in [7, 11) is 0. The minimum atomic E-state index is 0.563. The Kier molecular flexibility index (Phi) is 5.09. The zero-order valence-electron chi connectivity index (χ0n) is 12.6. The van der Waals surface area contributed by atoms with Crippen molar-refractivity contribution in [3.05, 3.63) is 46.1 Å². The molecule has 23 heavy (non-hydrogen) atoms. The van der Waals surface area contributed by atoms with Crippen LogP contribution in [0.2, 0.25) is 5.02 Å². The maximum absolute atomic E-state index is 6.00. The van der Waals surface area contributed by atoms with Crippen LogP contribution in [-0.4, -0.2) is 20.2 Å². The van der Waals surface area contributed by atoms with E-state index in [2.05, 4.69) is 32.4 Å². The number of hydrogen-bond donors (Lipinski definition) is 1. The number of aryl methyl sites for hydroxylation is 2. The molecule has 0 bridgehead atoms. The fraction of sp³-hybridized carbons (Fsp3) is 0.200. The van der Waals surface area contributed by atoms with E-state index < -0.39 is 0 Å². The molecule has 2 aromatic heterocycles. The molecule has 0 unspecified atom stereocenters. The van der Waals surface area contributed by atoms with E-state index in [0.29, 0.717) is 16.0 Å². The highest BCUT2D eigenvalue weighted by Gasteiger charge is 2.10. The molecular formula is C15H14ClN5S2. The molecule has 2 heterocycles. The van der Waals surface area contributed by atoms with E-state index in [4.69, 9.17) is 11.6 Å². The van der Waals surface area contributed by atoms with Crippen molar-refractivity contribution in [3.8, 4) is 0 Å². The lowest BCUT2D eigenvalue weighted by Gasteiger charge is -2.06. The van der Waals surface area contributed by atoms with Gasteiger partial charge in [-0.15, -0.1) is 21.5 Å². The standard InChI is InChI=1S/C15H14ClN5S2/c1-3-11-8-17-14(22-11)18-13-9(2)20-21-15(19-13)23-12-6-4-5-10(16)7-12/h4-8H,3H2,1-2H3,(H,17,18,19,21). The Labute approximate surface area is 147 Å². The second kappa shape index (κ2) is 7.25. The lowest BCUT2D eigenvalue weighted by molar-refractivity contribution is 0.819. The Balaban J connectivity index is 1.81. The molecule has 0 saturated carbocycles. The number of aromatic nitrogens is 4. The van der Waals surface area contributed by atoms with Gasteiger partial charge in [0.15, 0.2) is 10.9 Å². The first-order valence-corrected chi connectivity index (χ1v) is 9.01. The van der Waals surface area contributed by atoms with Gasteiger partial charge < -0.3 is 5.32 Å². The summed E-state index contributed by atoms with van der Waals surface area (Å²) in [4.78, 5) is 11.1. The first-order chi connectivity index (χ1) is 11.1. The molecule has 0 atom stereocenters. The van der Waals surface area contributed by atoms with Crippen LogP contribution in [0.25, 0.3) is 0 Å². The minimum Gasteiger partial charge on any atom is -0.315 e. The highest BCUT2D eigenvalue weighted by molar-refractivity contribution is 7.99. The Morgan fingerprint density at radius 3 is 2.91 bits per heavy atom. The number of halogens is 1. The number of thiazole rings is 1. The molecule has 0 fully saturated rings. The molecule has 8 heteroatoms. The van der Waals surface area contributed by atoms with Crippen LogP contribution in [0.15, 0.2) is 40.5 Å². The van der Waals surface area contributed by atoms with E-state index in [9.17, 15) is 0 Å². The van der Waals surface area contributed by atoms with Crippen LogP contribution in [0.1, 0.15) is 17.5 Å². The van der Waals surface area contributed by atoms with Gasteiger partial charge in [0, 0.05) is 21.0 Å². The number of nitrogens with zero attached hydrogens (tertiary/aromatic N) is 4. The van der Waals surface area contributed by atoms with Crippen LogP contribution in [0.3, 0.4) is 0 Å². The predicted molar refractivity (Wildman–Crippen MR) is 94.9 cm³/mol. The van der Waals surface area contributed by atoms with Crippen LogP contribution in [0.5, 0.6) is 0 Å². The predicted octanol–water partition coefficient (Wildman–Crippen LogP) is 4.75. The molecule has 0 aliphatic rings. The van der Waals surface area contributed by atoms with Crippen LogP contribution in [0.4, 0.5) is 10.9 Å². The molecular weight excluding hydrogens is 350 g/mol. The summed E-state index contributed by atoms with van der Waals surface area (Å²) in [5, 5.41) is 13.6.